The van der Waals surface area contributed by atoms with Crippen molar-refractivity contribution >= 4 is 43.7 Å². The Bertz CT molecular complexity index is 2040. The number of aliphatic imine (C=N–C) groups is 1. The van der Waals surface area contributed by atoms with Crippen LogP contribution in [-0.2, 0) is 0 Å². The van der Waals surface area contributed by atoms with Crippen molar-refractivity contribution in [3.05, 3.63) is 164 Å². The van der Waals surface area contributed by atoms with Crippen molar-refractivity contribution < 1.29 is 0 Å². The second-order valence-corrected chi connectivity index (χ2v) is 10.8. The van der Waals surface area contributed by atoms with E-state index in [4.69, 9.17) is 5.73 Å². The predicted molar refractivity (Wildman–Crippen MR) is 188 cm³/mol. The van der Waals surface area contributed by atoms with Crippen molar-refractivity contribution in [3.63, 3.8) is 0 Å². The maximum Gasteiger partial charge on any atom is 0.0438 e. The van der Waals surface area contributed by atoms with Gasteiger partial charge in [0.05, 0.1) is 0 Å². The van der Waals surface area contributed by atoms with Gasteiger partial charge in [-0.05, 0) is 91.3 Å². The number of hydrogen-bond donors (Lipinski definition) is 1. The number of rotatable bonds is 8. The van der Waals surface area contributed by atoms with E-state index in [1.165, 1.54) is 49.2 Å². The first-order valence-electron chi connectivity index (χ1n) is 14.5. The van der Waals surface area contributed by atoms with Gasteiger partial charge in [0, 0.05) is 23.5 Å². The Kier molecular flexibility index (Phi) is 7.84. The normalized spacial score (nSPS) is 12.4. The smallest absolute Gasteiger partial charge is 0.0438 e. The van der Waals surface area contributed by atoms with Gasteiger partial charge in [0.15, 0.2) is 0 Å². The first-order valence-corrected chi connectivity index (χ1v) is 14.5. The molecule has 0 radical (unpaired) electrons. The molecule has 0 spiro atoms. The summed E-state index contributed by atoms with van der Waals surface area (Å²) in [6.45, 7) is 9.56. The van der Waals surface area contributed by atoms with Crippen molar-refractivity contribution in [2.75, 3.05) is 0 Å². The minimum atomic E-state index is 0.673. The number of nitrogens with zero attached hydrogens (tertiary/aromatic N) is 1. The molecule has 0 amide bonds. The summed E-state index contributed by atoms with van der Waals surface area (Å²) >= 11 is 0. The maximum absolute atomic E-state index is 6.53. The lowest BCUT2D eigenvalue weighted by molar-refractivity contribution is 1.29. The van der Waals surface area contributed by atoms with Crippen molar-refractivity contribution in [1.82, 2.24) is 0 Å². The van der Waals surface area contributed by atoms with Crippen LogP contribution in [0.2, 0.25) is 0 Å². The summed E-state index contributed by atoms with van der Waals surface area (Å²) in [6.07, 6.45) is 8.38. The van der Waals surface area contributed by atoms with Gasteiger partial charge in [0.25, 0.3) is 0 Å². The average molecular weight is 555 g/mol. The molecule has 2 N–H and O–H groups in total. The van der Waals surface area contributed by atoms with E-state index in [0.29, 0.717) is 12.1 Å². The molecule has 0 heterocycles. The van der Waals surface area contributed by atoms with E-state index in [1.807, 2.05) is 25.2 Å². The fourth-order valence-corrected chi connectivity index (χ4v) is 5.81. The summed E-state index contributed by atoms with van der Waals surface area (Å²) in [5.74, 6) is 0. The molecule has 208 valence electrons. The van der Waals surface area contributed by atoms with Crippen LogP contribution in [0.25, 0.3) is 60.3 Å². The van der Waals surface area contributed by atoms with Crippen molar-refractivity contribution in [2.24, 2.45) is 10.7 Å². The molecule has 2 nitrogen and oxygen atoms in total. The fourth-order valence-electron chi connectivity index (χ4n) is 5.81. The quantitative estimate of drug-likeness (QED) is 0.113. The van der Waals surface area contributed by atoms with Crippen LogP contribution in [0.15, 0.2) is 163 Å². The van der Waals surface area contributed by atoms with Crippen molar-refractivity contribution in [1.29, 1.82) is 0 Å². The van der Waals surface area contributed by atoms with Crippen LogP contribution >= 0.6 is 0 Å². The molecule has 2 heteroatoms. The Morgan fingerprint density at radius 3 is 1.88 bits per heavy atom. The van der Waals surface area contributed by atoms with Gasteiger partial charge in [0.1, 0.15) is 0 Å². The molecular formula is C41H34N2. The van der Waals surface area contributed by atoms with Crippen LogP contribution in [0.5, 0.6) is 0 Å². The largest absolute Gasteiger partial charge is 0.398 e. The van der Waals surface area contributed by atoms with E-state index in [0.717, 1.165) is 22.4 Å². The molecule has 0 aliphatic heterocycles. The van der Waals surface area contributed by atoms with E-state index in [2.05, 4.69) is 133 Å². The SMILES string of the molecule is C=CC(C/C=C\C=C(/N)c1ccc2ccc(-c3c4ccccc4c(-c4ccccc4)c4ccccc34)cc2c1)=NC(=C)C. The number of hydrogen-bond acceptors (Lipinski definition) is 2. The molecule has 43 heavy (non-hydrogen) atoms. The topological polar surface area (TPSA) is 38.4 Å². The molecular weight excluding hydrogens is 520 g/mol. The lowest BCUT2D eigenvalue weighted by atomic mass is 9.85. The summed E-state index contributed by atoms with van der Waals surface area (Å²) in [6, 6.07) is 41.4. The highest BCUT2D eigenvalue weighted by molar-refractivity contribution is 6.21. The lowest BCUT2D eigenvalue weighted by Gasteiger charge is -2.18. The van der Waals surface area contributed by atoms with E-state index in [1.54, 1.807) is 6.08 Å². The summed E-state index contributed by atoms with van der Waals surface area (Å²) in [5, 5.41) is 7.32. The zero-order chi connectivity index (χ0) is 29.8. The molecule has 6 rings (SSSR count). The van der Waals surface area contributed by atoms with Gasteiger partial charge >= 0.3 is 0 Å². The van der Waals surface area contributed by atoms with Gasteiger partial charge in [0.2, 0.25) is 0 Å². The molecule has 0 aromatic heterocycles. The maximum atomic E-state index is 6.53. The van der Waals surface area contributed by atoms with E-state index >= 15 is 0 Å². The molecule has 0 saturated carbocycles. The third-order valence-electron chi connectivity index (χ3n) is 7.77. The van der Waals surface area contributed by atoms with Crippen LogP contribution in [0, 0.1) is 0 Å². The molecule has 6 aromatic carbocycles. The highest BCUT2D eigenvalue weighted by Crippen LogP contribution is 2.44. The monoisotopic (exact) mass is 554 g/mol. The number of fused-ring (bicyclic) bond motifs is 3. The van der Waals surface area contributed by atoms with Gasteiger partial charge in [-0.2, -0.15) is 0 Å². The van der Waals surface area contributed by atoms with Crippen LogP contribution in [0.1, 0.15) is 18.9 Å². The fraction of sp³-hybridized carbons (Fsp3) is 0.0488. The van der Waals surface area contributed by atoms with Crippen LogP contribution in [-0.4, -0.2) is 5.71 Å². The lowest BCUT2D eigenvalue weighted by Crippen LogP contribution is -1.96. The van der Waals surface area contributed by atoms with Gasteiger partial charge in [-0.3, -0.25) is 4.99 Å². The zero-order valence-corrected chi connectivity index (χ0v) is 24.4. The molecule has 0 aliphatic carbocycles. The van der Waals surface area contributed by atoms with Gasteiger partial charge in [-0.1, -0.05) is 128 Å². The highest BCUT2D eigenvalue weighted by Gasteiger charge is 2.16. The first kappa shape index (κ1) is 27.7. The van der Waals surface area contributed by atoms with Crippen LogP contribution in [0.4, 0.5) is 0 Å². The van der Waals surface area contributed by atoms with Gasteiger partial charge in [-0.15, -0.1) is 0 Å². The molecule has 0 atom stereocenters. The minimum absolute atomic E-state index is 0.673. The third-order valence-corrected chi connectivity index (χ3v) is 7.77. The standard InChI is InChI=1S/C41H34N2/c1-4-34(43-28(2)3)16-8-13-21-39(42)31-24-22-29-23-25-32(27-33(29)26-31)41-37-19-11-9-17-35(37)40(30-14-6-5-7-15-30)36-18-10-12-20-38(36)41/h4-15,17-27H,1-2,16,42H2,3H3/b13-8-,39-21-,43-34?. The summed E-state index contributed by atoms with van der Waals surface area (Å²) < 4.78 is 0. The van der Waals surface area contributed by atoms with E-state index in [9.17, 15) is 0 Å². The van der Waals surface area contributed by atoms with Crippen LogP contribution < -0.4 is 5.73 Å². The summed E-state index contributed by atoms with van der Waals surface area (Å²) in [7, 11) is 0. The second-order valence-electron chi connectivity index (χ2n) is 10.8. The molecule has 6 aromatic rings. The second kappa shape index (κ2) is 12.2. The molecule has 0 unspecified atom stereocenters. The zero-order valence-electron chi connectivity index (χ0n) is 24.4. The Balaban J connectivity index is 1.44. The molecule has 0 saturated heterocycles. The molecule has 0 aliphatic rings. The minimum Gasteiger partial charge on any atom is -0.398 e. The van der Waals surface area contributed by atoms with Crippen molar-refractivity contribution in [3.8, 4) is 22.3 Å². The Morgan fingerprint density at radius 2 is 1.28 bits per heavy atom. The Morgan fingerprint density at radius 1 is 0.698 bits per heavy atom. The number of allylic oxidation sites excluding steroid dienone is 5. The predicted octanol–water partition coefficient (Wildman–Crippen LogP) is 10.9. The number of benzene rings is 6. The van der Waals surface area contributed by atoms with Gasteiger partial charge < -0.3 is 5.73 Å². The van der Waals surface area contributed by atoms with Gasteiger partial charge in [-0.25, -0.2) is 0 Å². The number of nitrogens with two attached hydrogens (primary N) is 1. The van der Waals surface area contributed by atoms with Crippen molar-refractivity contribution in [2.45, 2.75) is 13.3 Å². The van der Waals surface area contributed by atoms with E-state index in [-0.39, 0.29) is 0 Å². The highest BCUT2D eigenvalue weighted by atomic mass is 14.7. The average Bonchev–Trinajstić information content (AvgIpc) is 3.04. The molecule has 0 fully saturated rings. The van der Waals surface area contributed by atoms with Crippen LogP contribution in [0.3, 0.4) is 0 Å². The summed E-state index contributed by atoms with van der Waals surface area (Å²) in [4.78, 5) is 4.40. The third kappa shape index (κ3) is 5.68. The Labute approximate surface area is 253 Å². The summed E-state index contributed by atoms with van der Waals surface area (Å²) in [5.41, 5.74) is 14.8. The Hall–Kier alpha value is -5.47. The van der Waals surface area contributed by atoms with E-state index < -0.39 is 0 Å². The first-order chi connectivity index (χ1) is 21.0. The molecule has 0 bridgehead atoms.